The third-order valence-corrected chi connectivity index (χ3v) is 5.18. The molecule has 0 N–H and O–H groups in total. The standard InChI is InChI=1S/C19H27NO2/c1-14(2)16-4-3-9-20(10-7-16)19(21)13-15-5-6-18-17(12-15)8-11-22-18/h5-6,12,14,16H,3-4,7-11,13H2,1-2H3. The van der Waals surface area contributed by atoms with Crippen molar-refractivity contribution >= 4 is 5.91 Å². The van der Waals surface area contributed by atoms with Crippen molar-refractivity contribution in [2.75, 3.05) is 19.7 Å². The quantitative estimate of drug-likeness (QED) is 0.856. The monoisotopic (exact) mass is 301 g/mol. The third-order valence-electron chi connectivity index (χ3n) is 5.18. The molecule has 0 spiro atoms. The molecule has 1 amide bonds. The van der Waals surface area contributed by atoms with E-state index in [4.69, 9.17) is 4.74 Å². The first-order chi connectivity index (χ1) is 10.6. The normalized spacial score (nSPS) is 21.4. The number of carbonyl (C=O) groups is 1. The summed E-state index contributed by atoms with van der Waals surface area (Å²) in [6.45, 7) is 7.23. The molecular weight excluding hydrogens is 274 g/mol. The van der Waals surface area contributed by atoms with E-state index in [1.807, 2.05) is 12.1 Å². The lowest BCUT2D eigenvalue weighted by Gasteiger charge is -2.21. The summed E-state index contributed by atoms with van der Waals surface area (Å²) in [5.41, 5.74) is 2.37. The van der Waals surface area contributed by atoms with Gasteiger partial charge in [-0.05, 0) is 48.3 Å². The number of hydrogen-bond acceptors (Lipinski definition) is 2. The van der Waals surface area contributed by atoms with Gasteiger partial charge in [0, 0.05) is 19.5 Å². The van der Waals surface area contributed by atoms with Gasteiger partial charge in [-0.2, -0.15) is 0 Å². The minimum atomic E-state index is 0.281. The molecule has 3 heteroatoms. The highest BCUT2D eigenvalue weighted by atomic mass is 16.5. The van der Waals surface area contributed by atoms with Crippen LogP contribution in [-0.2, 0) is 17.6 Å². The first kappa shape index (κ1) is 15.4. The number of fused-ring (bicyclic) bond motifs is 1. The van der Waals surface area contributed by atoms with Crippen molar-refractivity contribution in [1.82, 2.24) is 4.90 Å². The van der Waals surface area contributed by atoms with Crippen LogP contribution in [0.3, 0.4) is 0 Å². The lowest BCUT2D eigenvalue weighted by atomic mass is 9.89. The smallest absolute Gasteiger partial charge is 0.226 e. The van der Waals surface area contributed by atoms with Crippen molar-refractivity contribution in [3.8, 4) is 5.75 Å². The maximum atomic E-state index is 12.6. The molecule has 1 saturated heterocycles. The molecule has 1 fully saturated rings. The minimum Gasteiger partial charge on any atom is -0.493 e. The molecule has 3 nitrogen and oxygen atoms in total. The van der Waals surface area contributed by atoms with Gasteiger partial charge in [-0.3, -0.25) is 4.79 Å². The summed E-state index contributed by atoms with van der Waals surface area (Å²) in [4.78, 5) is 14.7. The predicted octanol–water partition coefficient (Wildman–Crippen LogP) is 3.45. The first-order valence-corrected chi connectivity index (χ1v) is 8.66. The van der Waals surface area contributed by atoms with E-state index >= 15 is 0 Å². The number of likely N-dealkylation sites (tertiary alicyclic amines) is 1. The summed E-state index contributed by atoms with van der Waals surface area (Å²) in [6.07, 6.45) is 5.06. The number of benzene rings is 1. The average Bonchev–Trinajstić information content (AvgIpc) is 2.80. The van der Waals surface area contributed by atoms with E-state index in [1.165, 1.54) is 12.0 Å². The average molecular weight is 301 g/mol. The van der Waals surface area contributed by atoms with Gasteiger partial charge in [-0.15, -0.1) is 0 Å². The van der Waals surface area contributed by atoms with Crippen LogP contribution >= 0.6 is 0 Å². The molecule has 1 unspecified atom stereocenters. The molecule has 0 radical (unpaired) electrons. The Morgan fingerprint density at radius 2 is 2.18 bits per heavy atom. The summed E-state index contributed by atoms with van der Waals surface area (Å²) >= 11 is 0. The molecule has 1 aromatic carbocycles. The van der Waals surface area contributed by atoms with Crippen molar-refractivity contribution in [3.05, 3.63) is 29.3 Å². The highest BCUT2D eigenvalue weighted by Crippen LogP contribution is 2.27. The van der Waals surface area contributed by atoms with Crippen LogP contribution in [0.15, 0.2) is 18.2 Å². The minimum absolute atomic E-state index is 0.281. The van der Waals surface area contributed by atoms with E-state index in [0.29, 0.717) is 6.42 Å². The molecule has 1 atom stereocenters. The summed E-state index contributed by atoms with van der Waals surface area (Å²) in [5, 5.41) is 0. The number of rotatable bonds is 3. The van der Waals surface area contributed by atoms with Gasteiger partial charge in [0.1, 0.15) is 5.75 Å². The van der Waals surface area contributed by atoms with Crippen molar-refractivity contribution in [2.24, 2.45) is 11.8 Å². The van der Waals surface area contributed by atoms with Crippen LogP contribution in [0.1, 0.15) is 44.2 Å². The molecule has 3 rings (SSSR count). The largest absolute Gasteiger partial charge is 0.493 e. The van der Waals surface area contributed by atoms with Gasteiger partial charge in [-0.25, -0.2) is 0 Å². The van der Waals surface area contributed by atoms with Crippen molar-refractivity contribution in [3.63, 3.8) is 0 Å². The predicted molar refractivity (Wildman–Crippen MR) is 88.1 cm³/mol. The molecular formula is C19H27NO2. The molecule has 1 aromatic rings. The van der Waals surface area contributed by atoms with Gasteiger partial charge >= 0.3 is 0 Å². The summed E-state index contributed by atoms with van der Waals surface area (Å²) < 4.78 is 5.53. The fraction of sp³-hybridized carbons (Fsp3) is 0.632. The van der Waals surface area contributed by atoms with Gasteiger partial charge in [-0.1, -0.05) is 26.0 Å². The number of nitrogens with zero attached hydrogens (tertiary/aromatic N) is 1. The molecule has 120 valence electrons. The number of hydrogen-bond donors (Lipinski definition) is 0. The van der Waals surface area contributed by atoms with E-state index in [2.05, 4.69) is 24.8 Å². The van der Waals surface area contributed by atoms with Crippen molar-refractivity contribution in [2.45, 2.75) is 46.0 Å². The van der Waals surface area contributed by atoms with Gasteiger partial charge in [0.25, 0.3) is 0 Å². The molecule has 0 bridgehead atoms. The zero-order valence-corrected chi connectivity index (χ0v) is 13.8. The van der Waals surface area contributed by atoms with Gasteiger partial charge in [0.15, 0.2) is 0 Å². The Labute approximate surface area is 133 Å². The maximum absolute atomic E-state index is 12.6. The van der Waals surface area contributed by atoms with E-state index in [0.717, 1.165) is 62.1 Å². The number of carbonyl (C=O) groups excluding carboxylic acids is 1. The Kier molecular flexibility index (Phi) is 4.70. The Morgan fingerprint density at radius 3 is 3.00 bits per heavy atom. The first-order valence-electron chi connectivity index (χ1n) is 8.66. The molecule has 0 saturated carbocycles. The van der Waals surface area contributed by atoms with Gasteiger partial charge < -0.3 is 9.64 Å². The SMILES string of the molecule is CC(C)C1CCCN(C(=O)Cc2ccc3c(c2)CCO3)CC1. The lowest BCUT2D eigenvalue weighted by molar-refractivity contribution is -0.130. The van der Waals surface area contributed by atoms with E-state index < -0.39 is 0 Å². The van der Waals surface area contributed by atoms with E-state index in [-0.39, 0.29) is 5.91 Å². The van der Waals surface area contributed by atoms with Crippen LogP contribution in [-0.4, -0.2) is 30.5 Å². The third kappa shape index (κ3) is 3.45. The van der Waals surface area contributed by atoms with Gasteiger partial charge in [0.05, 0.1) is 13.0 Å². The highest BCUT2D eigenvalue weighted by molar-refractivity contribution is 5.79. The Balaban J connectivity index is 1.60. The zero-order valence-electron chi connectivity index (χ0n) is 13.8. The molecule has 0 aromatic heterocycles. The lowest BCUT2D eigenvalue weighted by Crippen LogP contribution is -2.33. The molecule has 0 aliphatic carbocycles. The van der Waals surface area contributed by atoms with Crippen LogP contribution in [0.4, 0.5) is 0 Å². The Morgan fingerprint density at radius 1 is 1.32 bits per heavy atom. The second-order valence-corrected chi connectivity index (χ2v) is 7.03. The maximum Gasteiger partial charge on any atom is 0.226 e. The van der Waals surface area contributed by atoms with Crippen molar-refractivity contribution in [1.29, 1.82) is 0 Å². The summed E-state index contributed by atoms with van der Waals surface area (Å²) in [5.74, 6) is 2.77. The van der Waals surface area contributed by atoms with Crippen LogP contribution in [0, 0.1) is 11.8 Å². The summed E-state index contributed by atoms with van der Waals surface area (Å²) in [7, 11) is 0. The van der Waals surface area contributed by atoms with Crippen molar-refractivity contribution < 1.29 is 9.53 Å². The zero-order chi connectivity index (χ0) is 15.5. The Hall–Kier alpha value is -1.51. The van der Waals surface area contributed by atoms with Crippen LogP contribution < -0.4 is 4.74 Å². The fourth-order valence-corrected chi connectivity index (χ4v) is 3.67. The topological polar surface area (TPSA) is 29.5 Å². The van der Waals surface area contributed by atoms with Gasteiger partial charge in [0.2, 0.25) is 5.91 Å². The van der Waals surface area contributed by atoms with Crippen LogP contribution in [0.2, 0.25) is 0 Å². The highest BCUT2D eigenvalue weighted by Gasteiger charge is 2.22. The molecule has 2 aliphatic rings. The summed E-state index contributed by atoms with van der Waals surface area (Å²) in [6, 6.07) is 6.20. The Bertz CT molecular complexity index is 538. The number of amides is 1. The van der Waals surface area contributed by atoms with E-state index in [1.54, 1.807) is 0 Å². The molecule has 22 heavy (non-hydrogen) atoms. The molecule has 2 heterocycles. The van der Waals surface area contributed by atoms with Crippen LogP contribution in [0.25, 0.3) is 0 Å². The second kappa shape index (κ2) is 6.72. The van der Waals surface area contributed by atoms with Crippen LogP contribution in [0.5, 0.6) is 5.75 Å². The second-order valence-electron chi connectivity index (χ2n) is 7.03. The fourth-order valence-electron chi connectivity index (χ4n) is 3.67. The molecule has 2 aliphatic heterocycles. The number of ether oxygens (including phenoxy) is 1. The van der Waals surface area contributed by atoms with E-state index in [9.17, 15) is 4.79 Å².